The highest BCUT2D eigenvalue weighted by Gasteiger charge is 2.19. The topological polar surface area (TPSA) is 59.2 Å². The number of carbonyl (C=O) groups excluding carboxylic acids is 1. The summed E-state index contributed by atoms with van der Waals surface area (Å²) >= 11 is 7.51. The second kappa shape index (κ2) is 8.50. The molecule has 0 saturated carbocycles. The van der Waals surface area contributed by atoms with E-state index in [1.165, 1.54) is 0 Å². The van der Waals surface area contributed by atoms with Crippen LogP contribution >= 0.6 is 22.9 Å². The number of thiophene rings is 1. The summed E-state index contributed by atoms with van der Waals surface area (Å²) in [5, 5.41) is 10.8. The molecular weight excluding hydrogens is 382 g/mol. The van der Waals surface area contributed by atoms with E-state index in [9.17, 15) is 4.79 Å². The molecular formula is C20H20ClN3O2S. The number of benzene rings is 1. The Morgan fingerprint density at radius 1 is 1.26 bits per heavy atom. The number of carbonyl (C=O) groups is 1. The number of hydrogen-bond donors (Lipinski definition) is 0. The van der Waals surface area contributed by atoms with E-state index < -0.39 is 0 Å². The fraction of sp³-hybridized carbons (Fsp3) is 0.250. The molecule has 27 heavy (non-hydrogen) atoms. The molecule has 0 bridgehead atoms. The van der Waals surface area contributed by atoms with Gasteiger partial charge in [-0.25, -0.2) is 0 Å². The highest BCUT2D eigenvalue weighted by Crippen LogP contribution is 2.21. The van der Waals surface area contributed by atoms with E-state index in [1.807, 2.05) is 50.4 Å². The average molecular weight is 402 g/mol. The highest BCUT2D eigenvalue weighted by molar-refractivity contribution is 7.11. The van der Waals surface area contributed by atoms with Crippen molar-refractivity contribution in [3.05, 3.63) is 63.1 Å². The van der Waals surface area contributed by atoms with Crippen LogP contribution < -0.4 is 0 Å². The summed E-state index contributed by atoms with van der Waals surface area (Å²) in [4.78, 5) is 15.4. The van der Waals surface area contributed by atoms with Gasteiger partial charge in [0.15, 0.2) is 0 Å². The summed E-state index contributed by atoms with van der Waals surface area (Å²) in [6.07, 6.45) is 3.44. The molecule has 3 aromatic rings. The lowest BCUT2D eigenvalue weighted by Crippen LogP contribution is -2.35. The minimum Gasteiger partial charge on any atom is -0.419 e. The van der Waals surface area contributed by atoms with E-state index in [-0.39, 0.29) is 18.5 Å². The maximum atomic E-state index is 12.6. The summed E-state index contributed by atoms with van der Waals surface area (Å²) in [5.74, 6) is 0.703. The number of nitrogens with zero attached hydrogens (tertiary/aromatic N) is 3. The molecule has 2 aromatic heterocycles. The second-order valence-corrected chi connectivity index (χ2v) is 7.75. The lowest BCUT2D eigenvalue weighted by molar-refractivity contribution is -0.128. The lowest BCUT2D eigenvalue weighted by atomic mass is 10.2. The Bertz CT molecular complexity index is 944. The number of aryl methyl sites for hydroxylation is 1. The monoisotopic (exact) mass is 401 g/mol. The van der Waals surface area contributed by atoms with Gasteiger partial charge in [0, 0.05) is 27.6 Å². The van der Waals surface area contributed by atoms with Gasteiger partial charge < -0.3 is 9.32 Å². The molecule has 5 nitrogen and oxygen atoms in total. The number of amides is 1. The minimum absolute atomic E-state index is 0.00235. The summed E-state index contributed by atoms with van der Waals surface area (Å²) in [6.45, 7) is 6.19. The van der Waals surface area contributed by atoms with Crippen LogP contribution in [0, 0.1) is 6.92 Å². The molecule has 3 rings (SSSR count). The van der Waals surface area contributed by atoms with Crippen molar-refractivity contribution < 1.29 is 9.21 Å². The third-order valence-electron chi connectivity index (χ3n) is 4.05. The van der Waals surface area contributed by atoms with Crippen molar-refractivity contribution in [2.45, 2.75) is 33.4 Å². The molecule has 0 aliphatic carbocycles. The molecule has 140 valence electrons. The van der Waals surface area contributed by atoms with Crippen molar-refractivity contribution in [2.24, 2.45) is 0 Å². The molecule has 0 saturated heterocycles. The summed E-state index contributed by atoms with van der Waals surface area (Å²) < 4.78 is 5.73. The van der Waals surface area contributed by atoms with Crippen LogP contribution in [0.5, 0.6) is 0 Å². The molecule has 0 aliphatic heterocycles. The van der Waals surface area contributed by atoms with Crippen molar-refractivity contribution in [3.8, 4) is 11.5 Å². The van der Waals surface area contributed by atoms with Crippen LogP contribution in [-0.4, -0.2) is 27.0 Å². The Hall–Kier alpha value is -2.44. The van der Waals surface area contributed by atoms with E-state index in [1.54, 1.807) is 34.4 Å². The highest BCUT2D eigenvalue weighted by atomic mass is 35.5. The lowest BCUT2D eigenvalue weighted by Gasteiger charge is -2.23. The van der Waals surface area contributed by atoms with Gasteiger partial charge in [-0.05, 0) is 68.1 Å². The zero-order valence-corrected chi connectivity index (χ0v) is 16.9. The first-order chi connectivity index (χ1) is 12.9. The average Bonchev–Trinajstić information content (AvgIpc) is 3.27. The van der Waals surface area contributed by atoms with Gasteiger partial charge in [0.25, 0.3) is 0 Å². The van der Waals surface area contributed by atoms with Gasteiger partial charge in [0.2, 0.25) is 17.7 Å². The van der Waals surface area contributed by atoms with Crippen molar-refractivity contribution in [3.63, 3.8) is 0 Å². The Morgan fingerprint density at radius 2 is 2.00 bits per heavy atom. The third kappa shape index (κ3) is 4.84. The van der Waals surface area contributed by atoms with Crippen LogP contribution in [-0.2, 0) is 11.3 Å². The van der Waals surface area contributed by atoms with E-state index >= 15 is 0 Å². The van der Waals surface area contributed by atoms with Crippen LogP contribution in [0.15, 0.2) is 46.2 Å². The van der Waals surface area contributed by atoms with Crippen molar-refractivity contribution in [1.29, 1.82) is 0 Å². The van der Waals surface area contributed by atoms with E-state index in [0.717, 1.165) is 16.0 Å². The number of aromatic nitrogens is 2. The summed E-state index contributed by atoms with van der Waals surface area (Å²) in [6, 6.07) is 9.20. The van der Waals surface area contributed by atoms with Gasteiger partial charge in [-0.3, -0.25) is 4.79 Å². The fourth-order valence-corrected chi connectivity index (χ4v) is 3.43. The van der Waals surface area contributed by atoms with Crippen LogP contribution in [0.4, 0.5) is 0 Å². The summed E-state index contributed by atoms with van der Waals surface area (Å²) in [7, 11) is 0. The predicted molar refractivity (Wildman–Crippen MR) is 109 cm³/mol. The molecule has 7 heteroatoms. The first-order valence-electron chi connectivity index (χ1n) is 8.55. The second-order valence-electron chi connectivity index (χ2n) is 6.37. The molecule has 0 N–H and O–H groups in total. The quantitative estimate of drug-likeness (QED) is 0.532. The molecule has 0 unspecified atom stereocenters. The van der Waals surface area contributed by atoms with Crippen LogP contribution in [0.3, 0.4) is 0 Å². The Balaban J connectivity index is 1.73. The molecule has 1 aromatic carbocycles. The van der Waals surface area contributed by atoms with Gasteiger partial charge in [-0.2, -0.15) is 0 Å². The normalized spacial score (nSPS) is 11.4. The maximum Gasteiger partial charge on any atom is 0.247 e. The third-order valence-corrected chi connectivity index (χ3v) is 5.29. The molecule has 0 fully saturated rings. The largest absolute Gasteiger partial charge is 0.419 e. The zero-order valence-electron chi connectivity index (χ0n) is 15.3. The number of hydrogen-bond acceptors (Lipinski definition) is 5. The first-order valence-corrected chi connectivity index (χ1v) is 9.81. The van der Waals surface area contributed by atoms with E-state index in [4.69, 9.17) is 16.0 Å². The van der Waals surface area contributed by atoms with Crippen molar-refractivity contribution >= 4 is 34.9 Å². The minimum atomic E-state index is -0.0935. The number of rotatable bonds is 6. The Morgan fingerprint density at radius 3 is 2.63 bits per heavy atom. The SMILES string of the molecule is Cc1ccsc1/C=C/C(=O)N(Cc1nnc(-c2ccc(Cl)cc2)o1)C(C)C. The van der Waals surface area contributed by atoms with E-state index in [0.29, 0.717) is 16.8 Å². The first kappa shape index (κ1) is 19.3. The molecule has 0 spiro atoms. The van der Waals surface area contributed by atoms with Crippen molar-refractivity contribution in [1.82, 2.24) is 15.1 Å². The zero-order chi connectivity index (χ0) is 19.4. The standard InChI is InChI=1S/C20H20ClN3O2S/c1-13(2)24(19(25)9-8-17-14(3)10-11-27-17)12-18-22-23-20(26-18)15-4-6-16(21)7-5-15/h4-11,13H,12H2,1-3H3/b9-8+. The number of halogens is 1. The van der Waals surface area contributed by atoms with Gasteiger partial charge in [0.05, 0.1) is 6.54 Å². The smallest absolute Gasteiger partial charge is 0.247 e. The van der Waals surface area contributed by atoms with Gasteiger partial charge in [0.1, 0.15) is 0 Å². The van der Waals surface area contributed by atoms with Gasteiger partial charge in [-0.1, -0.05) is 11.6 Å². The van der Waals surface area contributed by atoms with Gasteiger partial charge in [-0.15, -0.1) is 21.5 Å². The van der Waals surface area contributed by atoms with Crippen molar-refractivity contribution in [2.75, 3.05) is 0 Å². The molecule has 0 atom stereocenters. The maximum absolute atomic E-state index is 12.6. The Kier molecular flexibility index (Phi) is 6.08. The van der Waals surface area contributed by atoms with Crippen LogP contribution in [0.1, 0.15) is 30.2 Å². The van der Waals surface area contributed by atoms with Gasteiger partial charge >= 0.3 is 0 Å². The molecule has 0 radical (unpaired) electrons. The molecule has 1 amide bonds. The van der Waals surface area contributed by atoms with Crippen LogP contribution in [0.2, 0.25) is 5.02 Å². The molecule has 0 aliphatic rings. The Labute approximate surface area is 167 Å². The van der Waals surface area contributed by atoms with E-state index in [2.05, 4.69) is 10.2 Å². The molecule has 2 heterocycles. The predicted octanol–water partition coefficient (Wildman–Crippen LogP) is 5.21. The summed E-state index contributed by atoms with van der Waals surface area (Å²) in [5.41, 5.74) is 1.94. The van der Waals surface area contributed by atoms with Crippen LogP contribution in [0.25, 0.3) is 17.5 Å². The fourth-order valence-electron chi connectivity index (χ4n) is 2.49.